The molecule has 1 unspecified atom stereocenters. The van der Waals surface area contributed by atoms with Crippen LogP contribution in [0.2, 0.25) is 0 Å². The molecule has 0 saturated heterocycles. The standard InChI is InChI=1S/C17H18O6S2/c18-12-1-5-14(6-2-12)24-10-9-22-11-16(23-17(20)21)25-15-7-3-13(19)4-8-15/h1-8,16,18-19H,9-11H2,(H,20,21). The van der Waals surface area contributed by atoms with Crippen molar-refractivity contribution in [3.05, 3.63) is 48.5 Å². The van der Waals surface area contributed by atoms with Crippen LogP contribution < -0.4 is 0 Å². The molecule has 134 valence electrons. The van der Waals surface area contributed by atoms with Gasteiger partial charge in [0.25, 0.3) is 0 Å². The summed E-state index contributed by atoms with van der Waals surface area (Å²) >= 11 is 2.78. The van der Waals surface area contributed by atoms with Crippen LogP contribution in [0.15, 0.2) is 58.3 Å². The van der Waals surface area contributed by atoms with Gasteiger partial charge in [0.05, 0.1) is 13.2 Å². The molecular weight excluding hydrogens is 364 g/mol. The highest BCUT2D eigenvalue weighted by molar-refractivity contribution is 8.00. The summed E-state index contributed by atoms with van der Waals surface area (Å²) in [5, 5.41) is 27.3. The minimum Gasteiger partial charge on any atom is -0.508 e. The predicted octanol–water partition coefficient (Wildman–Crippen LogP) is 4.02. The van der Waals surface area contributed by atoms with Crippen LogP contribution in [-0.2, 0) is 9.47 Å². The molecule has 0 saturated carbocycles. The van der Waals surface area contributed by atoms with E-state index >= 15 is 0 Å². The lowest BCUT2D eigenvalue weighted by atomic mass is 10.3. The van der Waals surface area contributed by atoms with Gasteiger partial charge in [-0.3, -0.25) is 0 Å². The van der Waals surface area contributed by atoms with Crippen molar-refractivity contribution in [2.75, 3.05) is 19.0 Å². The fraction of sp³-hybridized carbons (Fsp3) is 0.235. The van der Waals surface area contributed by atoms with E-state index in [9.17, 15) is 15.0 Å². The Labute approximate surface area is 153 Å². The number of phenolic OH excluding ortho intramolecular Hbond substituents is 2. The van der Waals surface area contributed by atoms with E-state index in [0.29, 0.717) is 12.4 Å². The lowest BCUT2D eigenvalue weighted by Gasteiger charge is -2.15. The molecular formula is C17H18O6S2. The summed E-state index contributed by atoms with van der Waals surface area (Å²) < 4.78 is 10.3. The fourth-order valence-electron chi connectivity index (χ4n) is 1.82. The van der Waals surface area contributed by atoms with Crippen molar-refractivity contribution >= 4 is 29.7 Å². The van der Waals surface area contributed by atoms with Crippen molar-refractivity contribution in [3.63, 3.8) is 0 Å². The zero-order valence-electron chi connectivity index (χ0n) is 13.2. The molecule has 0 fully saturated rings. The predicted molar refractivity (Wildman–Crippen MR) is 96.5 cm³/mol. The Morgan fingerprint density at radius 3 is 2.08 bits per heavy atom. The van der Waals surface area contributed by atoms with Crippen LogP contribution >= 0.6 is 23.5 Å². The number of thioether (sulfide) groups is 2. The molecule has 0 amide bonds. The third-order valence-electron chi connectivity index (χ3n) is 2.92. The highest BCUT2D eigenvalue weighted by Gasteiger charge is 2.15. The van der Waals surface area contributed by atoms with Gasteiger partial charge in [-0.1, -0.05) is 11.8 Å². The van der Waals surface area contributed by atoms with Crippen LogP contribution in [0.3, 0.4) is 0 Å². The zero-order chi connectivity index (χ0) is 18.1. The van der Waals surface area contributed by atoms with Crippen LogP contribution in [0.4, 0.5) is 4.79 Å². The van der Waals surface area contributed by atoms with Gasteiger partial charge in [0.1, 0.15) is 11.5 Å². The summed E-state index contributed by atoms with van der Waals surface area (Å²) in [6, 6.07) is 13.3. The molecule has 0 heterocycles. The molecule has 0 radical (unpaired) electrons. The Bertz CT molecular complexity index is 660. The summed E-state index contributed by atoms with van der Waals surface area (Å²) in [7, 11) is 0. The van der Waals surface area contributed by atoms with Gasteiger partial charge in [0.15, 0.2) is 5.44 Å². The molecule has 0 spiro atoms. The second-order valence-corrected chi connectivity index (χ2v) is 7.24. The second kappa shape index (κ2) is 10.1. The zero-order valence-corrected chi connectivity index (χ0v) is 14.8. The third kappa shape index (κ3) is 7.59. The number of carboxylic acid groups (broad SMARTS) is 1. The maximum absolute atomic E-state index is 10.8. The van der Waals surface area contributed by atoms with E-state index in [0.717, 1.165) is 9.79 Å². The van der Waals surface area contributed by atoms with Crippen molar-refractivity contribution in [1.29, 1.82) is 0 Å². The number of rotatable bonds is 9. The summed E-state index contributed by atoms with van der Waals surface area (Å²) in [5.41, 5.74) is -0.694. The Balaban J connectivity index is 1.74. The lowest BCUT2D eigenvalue weighted by molar-refractivity contribution is 0.0381. The quantitative estimate of drug-likeness (QED) is 0.259. The third-order valence-corrected chi connectivity index (χ3v) is 4.94. The van der Waals surface area contributed by atoms with Gasteiger partial charge in [-0.25, -0.2) is 4.79 Å². The molecule has 6 nitrogen and oxygen atoms in total. The molecule has 25 heavy (non-hydrogen) atoms. The number of hydrogen-bond donors (Lipinski definition) is 3. The van der Waals surface area contributed by atoms with E-state index in [1.54, 1.807) is 36.0 Å². The van der Waals surface area contributed by atoms with Gasteiger partial charge < -0.3 is 24.8 Å². The summed E-state index contributed by atoms with van der Waals surface area (Å²) in [6.45, 7) is 0.551. The molecule has 2 aromatic rings. The Hall–Kier alpha value is -2.03. The molecule has 1 atom stereocenters. The van der Waals surface area contributed by atoms with E-state index in [2.05, 4.69) is 0 Å². The van der Waals surface area contributed by atoms with Crippen LogP contribution in [0, 0.1) is 0 Å². The van der Waals surface area contributed by atoms with Crippen LogP contribution in [0.1, 0.15) is 0 Å². The average Bonchev–Trinajstić information content (AvgIpc) is 2.57. The number of carbonyl (C=O) groups is 1. The van der Waals surface area contributed by atoms with Gasteiger partial charge in [-0.2, -0.15) is 0 Å². The van der Waals surface area contributed by atoms with E-state index in [1.807, 2.05) is 12.1 Å². The number of benzene rings is 2. The molecule has 2 aromatic carbocycles. The summed E-state index contributed by atoms with van der Waals surface area (Å²) in [4.78, 5) is 12.6. The average molecular weight is 382 g/mol. The minimum absolute atomic E-state index is 0.119. The van der Waals surface area contributed by atoms with Gasteiger partial charge >= 0.3 is 6.16 Å². The smallest absolute Gasteiger partial charge is 0.506 e. The normalized spacial score (nSPS) is 11.8. The monoisotopic (exact) mass is 382 g/mol. The van der Waals surface area contributed by atoms with Crippen molar-refractivity contribution < 1.29 is 29.6 Å². The Kier molecular flexibility index (Phi) is 7.77. The second-order valence-electron chi connectivity index (χ2n) is 4.84. The van der Waals surface area contributed by atoms with E-state index in [4.69, 9.17) is 14.6 Å². The number of aromatic hydroxyl groups is 2. The van der Waals surface area contributed by atoms with Crippen molar-refractivity contribution in [1.82, 2.24) is 0 Å². The Morgan fingerprint density at radius 1 is 0.960 bits per heavy atom. The molecule has 8 heteroatoms. The van der Waals surface area contributed by atoms with Crippen molar-refractivity contribution in [2.24, 2.45) is 0 Å². The first kappa shape index (κ1) is 19.3. The van der Waals surface area contributed by atoms with Gasteiger partial charge in [0.2, 0.25) is 0 Å². The van der Waals surface area contributed by atoms with Crippen molar-refractivity contribution in [3.8, 4) is 11.5 Å². The molecule has 0 bridgehead atoms. The van der Waals surface area contributed by atoms with Crippen molar-refractivity contribution in [2.45, 2.75) is 15.2 Å². The first-order chi connectivity index (χ1) is 12.0. The SMILES string of the molecule is O=C(O)OC(COCCSc1ccc(O)cc1)Sc1ccc(O)cc1. The Morgan fingerprint density at radius 2 is 1.52 bits per heavy atom. The first-order valence-corrected chi connectivity index (χ1v) is 9.24. The van der Waals surface area contributed by atoms with Crippen LogP contribution in [0.25, 0.3) is 0 Å². The van der Waals surface area contributed by atoms with Crippen LogP contribution in [-0.4, -0.2) is 45.9 Å². The number of ether oxygens (including phenoxy) is 2. The lowest BCUT2D eigenvalue weighted by Crippen LogP contribution is -2.20. The summed E-state index contributed by atoms with van der Waals surface area (Å²) in [6.07, 6.45) is -1.36. The molecule has 0 aromatic heterocycles. The van der Waals surface area contributed by atoms with Crippen LogP contribution in [0.5, 0.6) is 11.5 Å². The van der Waals surface area contributed by atoms with E-state index < -0.39 is 11.6 Å². The topological polar surface area (TPSA) is 96.2 Å². The molecule has 0 aliphatic heterocycles. The maximum atomic E-state index is 10.8. The number of hydrogen-bond acceptors (Lipinski definition) is 7. The van der Waals surface area contributed by atoms with Gasteiger partial charge in [0, 0.05) is 15.5 Å². The minimum atomic E-state index is -1.36. The maximum Gasteiger partial charge on any atom is 0.506 e. The first-order valence-electron chi connectivity index (χ1n) is 7.38. The van der Waals surface area contributed by atoms with E-state index in [1.165, 1.54) is 23.9 Å². The largest absolute Gasteiger partial charge is 0.508 e. The number of phenols is 2. The molecule has 2 rings (SSSR count). The van der Waals surface area contributed by atoms with Gasteiger partial charge in [-0.05, 0) is 48.5 Å². The fourth-order valence-corrected chi connectivity index (χ4v) is 3.48. The highest BCUT2D eigenvalue weighted by Crippen LogP contribution is 2.26. The molecule has 0 aliphatic rings. The summed E-state index contributed by atoms with van der Waals surface area (Å²) in [5.74, 6) is 1.05. The van der Waals surface area contributed by atoms with E-state index in [-0.39, 0.29) is 18.1 Å². The van der Waals surface area contributed by atoms with Gasteiger partial charge in [-0.15, -0.1) is 11.8 Å². The molecule has 0 aliphatic carbocycles. The highest BCUT2D eigenvalue weighted by atomic mass is 32.2. The molecule has 3 N–H and O–H groups in total.